The summed E-state index contributed by atoms with van der Waals surface area (Å²) in [5.74, 6) is 0.00368. The van der Waals surface area contributed by atoms with Crippen molar-refractivity contribution in [2.45, 2.75) is 38.0 Å². The quantitative estimate of drug-likeness (QED) is 0.679. The summed E-state index contributed by atoms with van der Waals surface area (Å²) in [6.07, 6.45) is 0.442. The zero-order valence-corrected chi connectivity index (χ0v) is 14.9. The van der Waals surface area contributed by atoms with Crippen LogP contribution in [0.1, 0.15) is 30.9 Å². The lowest BCUT2D eigenvalue weighted by Gasteiger charge is -2.33. The number of hydrogen-bond donors (Lipinski definition) is 0. The maximum Gasteiger partial charge on any atom is 0.416 e. The van der Waals surface area contributed by atoms with Crippen molar-refractivity contribution in [3.05, 3.63) is 36.4 Å². The predicted octanol–water partition coefficient (Wildman–Crippen LogP) is 2.30. The Bertz CT molecular complexity index is 967. The molecule has 1 atom stereocenters. The van der Waals surface area contributed by atoms with Gasteiger partial charge in [-0.05, 0) is 31.0 Å². The second kappa shape index (κ2) is 7.21. The van der Waals surface area contributed by atoms with E-state index >= 15 is 0 Å². The highest BCUT2D eigenvalue weighted by Gasteiger charge is 2.32. The molecule has 11 heteroatoms. The fourth-order valence-electron chi connectivity index (χ4n) is 3.49. The van der Waals surface area contributed by atoms with Crippen LogP contribution in [-0.4, -0.2) is 53.7 Å². The Morgan fingerprint density at radius 1 is 1.29 bits per heavy atom. The van der Waals surface area contributed by atoms with E-state index in [1.54, 1.807) is 20.6 Å². The largest absolute Gasteiger partial charge is 0.416 e. The summed E-state index contributed by atoms with van der Waals surface area (Å²) in [6.45, 7) is 1.56. The van der Waals surface area contributed by atoms with Gasteiger partial charge in [0.2, 0.25) is 5.91 Å². The Kier molecular flexibility index (Phi) is 4.73. The molecular weight excluding hydrogens is 375 g/mol. The maximum absolute atomic E-state index is 12.9. The van der Waals surface area contributed by atoms with Crippen LogP contribution in [0.25, 0.3) is 11.0 Å². The highest BCUT2D eigenvalue weighted by molar-refractivity contribution is 5.77. The van der Waals surface area contributed by atoms with Crippen molar-refractivity contribution in [2.24, 2.45) is 0 Å². The Labute approximate surface area is 157 Å². The summed E-state index contributed by atoms with van der Waals surface area (Å²) in [6, 6.07) is 3.31. The molecule has 0 spiro atoms. The van der Waals surface area contributed by atoms with Crippen molar-refractivity contribution in [3.63, 3.8) is 0 Å². The molecular formula is C17H18F3N7O. The molecule has 28 heavy (non-hydrogen) atoms. The van der Waals surface area contributed by atoms with Gasteiger partial charge in [0, 0.05) is 19.5 Å². The third-order valence-electron chi connectivity index (χ3n) is 4.91. The number of carbonyl (C=O) groups excluding carboxylic acids is 1. The summed E-state index contributed by atoms with van der Waals surface area (Å²) in [5, 5.41) is 11.9. The standard InChI is InChI=1S/C17H18F3N7O/c18-17(19,20)12-3-4-15-14(8-12)23-24-27(15)13-2-1-6-25(9-13)16(28)5-7-26-11-21-10-22-26/h3-4,8,10-11,13H,1-2,5-7,9H2. The molecule has 0 saturated carbocycles. The number of nitrogens with zero attached hydrogens (tertiary/aromatic N) is 7. The first kappa shape index (κ1) is 18.4. The summed E-state index contributed by atoms with van der Waals surface area (Å²) >= 11 is 0. The first-order valence-corrected chi connectivity index (χ1v) is 8.94. The molecule has 1 fully saturated rings. The lowest BCUT2D eigenvalue weighted by atomic mass is 10.0. The number of halogens is 3. The summed E-state index contributed by atoms with van der Waals surface area (Å²) in [5.41, 5.74) is -0.0139. The van der Waals surface area contributed by atoms with Gasteiger partial charge in [0.05, 0.1) is 23.7 Å². The minimum Gasteiger partial charge on any atom is -0.340 e. The van der Waals surface area contributed by atoms with E-state index in [1.807, 2.05) is 0 Å². The lowest BCUT2D eigenvalue weighted by molar-refractivity contribution is -0.137. The van der Waals surface area contributed by atoms with E-state index in [1.165, 1.54) is 12.4 Å². The molecule has 1 aliphatic rings. The molecule has 3 heterocycles. The van der Waals surface area contributed by atoms with E-state index < -0.39 is 11.7 Å². The van der Waals surface area contributed by atoms with E-state index in [0.29, 0.717) is 31.6 Å². The molecule has 1 aromatic carbocycles. The Hall–Kier alpha value is -2.98. The first-order valence-electron chi connectivity index (χ1n) is 8.94. The highest BCUT2D eigenvalue weighted by Crippen LogP contribution is 2.32. The van der Waals surface area contributed by atoms with E-state index in [9.17, 15) is 18.0 Å². The van der Waals surface area contributed by atoms with Gasteiger partial charge in [-0.1, -0.05) is 5.21 Å². The smallest absolute Gasteiger partial charge is 0.340 e. The van der Waals surface area contributed by atoms with Crippen LogP contribution in [0.5, 0.6) is 0 Å². The van der Waals surface area contributed by atoms with Crippen molar-refractivity contribution in [1.29, 1.82) is 0 Å². The average Bonchev–Trinajstić information content (AvgIpc) is 3.34. The lowest BCUT2D eigenvalue weighted by Crippen LogP contribution is -2.41. The SMILES string of the molecule is O=C(CCn1cncn1)N1CCCC(n2nnc3cc(C(F)(F)F)ccc32)C1. The van der Waals surface area contributed by atoms with Gasteiger partial charge in [-0.25, -0.2) is 9.67 Å². The molecule has 4 rings (SSSR count). The van der Waals surface area contributed by atoms with Crippen molar-refractivity contribution in [1.82, 2.24) is 34.7 Å². The van der Waals surface area contributed by atoms with Gasteiger partial charge < -0.3 is 4.90 Å². The van der Waals surface area contributed by atoms with Gasteiger partial charge in [0.15, 0.2) is 0 Å². The number of amides is 1. The van der Waals surface area contributed by atoms with Crippen molar-refractivity contribution < 1.29 is 18.0 Å². The monoisotopic (exact) mass is 393 g/mol. The number of piperidine rings is 1. The van der Waals surface area contributed by atoms with Gasteiger partial charge in [0.25, 0.3) is 0 Å². The van der Waals surface area contributed by atoms with Crippen molar-refractivity contribution in [2.75, 3.05) is 13.1 Å². The summed E-state index contributed by atoms with van der Waals surface area (Å²) < 4.78 is 41.9. The molecule has 0 aliphatic carbocycles. The topological polar surface area (TPSA) is 81.7 Å². The van der Waals surface area contributed by atoms with E-state index in [-0.39, 0.29) is 17.5 Å². The maximum atomic E-state index is 12.9. The molecule has 1 amide bonds. The zero-order chi connectivity index (χ0) is 19.7. The molecule has 0 N–H and O–H groups in total. The van der Waals surface area contributed by atoms with Gasteiger partial charge in [-0.2, -0.15) is 18.3 Å². The molecule has 0 bridgehead atoms. The van der Waals surface area contributed by atoms with E-state index in [2.05, 4.69) is 20.4 Å². The number of benzene rings is 1. The minimum atomic E-state index is -4.42. The second-order valence-corrected chi connectivity index (χ2v) is 6.78. The van der Waals surface area contributed by atoms with E-state index in [0.717, 1.165) is 25.0 Å². The molecule has 2 aromatic heterocycles. The van der Waals surface area contributed by atoms with Crippen LogP contribution in [0.2, 0.25) is 0 Å². The normalized spacial score (nSPS) is 18.0. The van der Waals surface area contributed by atoms with Crippen LogP contribution in [0, 0.1) is 0 Å². The van der Waals surface area contributed by atoms with Gasteiger partial charge in [-0.15, -0.1) is 5.10 Å². The Balaban J connectivity index is 1.47. The van der Waals surface area contributed by atoms with Crippen LogP contribution in [-0.2, 0) is 17.5 Å². The average molecular weight is 393 g/mol. The number of aryl methyl sites for hydroxylation is 1. The Morgan fingerprint density at radius 3 is 2.89 bits per heavy atom. The van der Waals surface area contributed by atoms with Crippen molar-refractivity contribution in [3.8, 4) is 0 Å². The zero-order valence-electron chi connectivity index (χ0n) is 14.9. The van der Waals surface area contributed by atoms with Crippen LogP contribution in [0.4, 0.5) is 13.2 Å². The van der Waals surface area contributed by atoms with Crippen molar-refractivity contribution >= 4 is 16.9 Å². The summed E-state index contributed by atoms with van der Waals surface area (Å²) in [4.78, 5) is 18.1. The molecule has 0 radical (unpaired) electrons. The minimum absolute atomic E-state index is 0.00368. The van der Waals surface area contributed by atoms with Crippen LogP contribution >= 0.6 is 0 Å². The molecule has 8 nitrogen and oxygen atoms in total. The van der Waals surface area contributed by atoms with Crippen LogP contribution < -0.4 is 0 Å². The number of hydrogen-bond acceptors (Lipinski definition) is 5. The fourth-order valence-corrected chi connectivity index (χ4v) is 3.49. The number of rotatable bonds is 4. The molecule has 1 aliphatic heterocycles. The highest BCUT2D eigenvalue weighted by atomic mass is 19.4. The second-order valence-electron chi connectivity index (χ2n) is 6.78. The molecule has 148 valence electrons. The van der Waals surface area contributed by atoms with E-state index in [4.69, 9.17) is 0 Å². The first-order chi connectivity index (χ1) is 13.4. The third-order valence-corrected chi connectivity index (χ3v) is 4.91. The van der Waals surface area contributed by atoms with Gasteiger partial charge >= 0.3 is 6.18 Å². The number of alkyl halides is 3. The molecule has 3 aromatic rings. The van der Waals surface area contributed by atoms with Gasteiger partial charge in [0.1, 0.15) is 18.2 Å². The summed E-state index contributed by atoms with van der Waals surface area (Å²) in [7, 11) is 0. The number of aromatic nitrogens is 6. The molecule has 1 unspecified atom stereocenters. The number of fused-ring (bicyclic) bond motifs is 1. The van der Waals surface area contributed by atoms with Crippen LogP contribution in [0.15, 0.2) is 30.9 Å². The number of carbonyl (C=O) groups is 1. The molecule has 1 saturated heterocycles. The van der Waals surface area contributed by atoms with Crippen LogP contribution in [0.3, 0.4) is 0 Å². The van der Waals surface area contributed by atoms with Gasteiger partial charge in [-0.3, -0.25) is 9.48 Å². The number of likely N-dealkylation sites (tertiary alicyclic amines) is 1. The third kappa shape index (κ3) is 3.69. The fraction of sp³-hybridized carbons (Fsp3) is 0.471. The predicted molar refractivity (Wildman–Crippen MR) is 92.0 cm³/mol. The Morgan fingerprint density at radius 2 is 2.14 bits per heavy atom.